The van der Waals surface area contributed by atoms with Crippen LogP contribution >= 0.6 is 0 Å². The first-order valence-electron chi connectivity index (χ1n) is 3.52. The van der Waals surface area contributed by atoms with Crippen molar-refractivity contribution in [1.82, 2.24) is 6.15 Å². The van der Waals surface area contributed by atoms with Gasteiger partial charge in [0.25, 0.3) is 0 Å². The van der Waals surface area contributed by atoms with Crippen molar-refractivity contribution in [3.8, 4) is 0 Å². The normalized spacial score (nSPS) is 8.11. The molecular weight excluding hydrogens is 110 g/mol. The van der Waals surface area contributed by atoms with Gasteiger partial charge in [-0.25, -0.2) is 0 Å². The SMILES string of the molecule is C=CCCCCCC.N. The molecule has 0 rings (SSSR count). The number of rotatable bonds is 5. The molecule has 0 spiro atoms. The van der Waals surface area contributed by atoms with E-state index in [1.807, 2.05) is 6.08 Å². The molecule has 0 aliphatic carbocycles. The van der Waals surface area contributed by atoms with Crippen LogP contribution in [0.3, 0.4) is 0 Å². The topological polar surface area (TPSA) is 35.0 Å². The largest absolute Gasteiger partial charge is 0.344 e. The van der Waals surface area contributed by atoms with E-state index in [2.05, 4.69) is 13.5 Å². The summed E-state index contributed by atoms with van der Waals surface area (Å²) in [5, 5.41) is 0. The molecule has 0 amide bonds. The van der Waals surface area contributed by atoms with Crippen LogP contribution in [0.5, 0.6) is 0 Å². The maximum atomic E-state index is 3.66. The molecule has 0 saturated heterocycles. The summed E-state index contributed by atoms with van der Waals surface area (Å²) in [4.78, 5) is 0. The smallest absolute Gasteiger partial charge is 0.0353 e. The molecule has 0 aliphatic rings. The molecule has 0 saturated carbocycles. The fraction of sp³-hybridized carbons (Fsp3) is 0.750. The lowest BCUT2D eigenvalue weighted by molar-refractivity contribution is 0.675. The predicted molar refractivity (Wildman–Crippen MR) is 44.0 cm³/mol. The molecule has 0 bridgehead atoms. The quantitative estimate of drug-likeness (QED) is 0.448. The lowest BCUT2D eigenvalue weighted by atomic mass is 10.2. The van der Waals surface area contributed by atoms with Gasteiger partial charge in [-0.3, -0.25) is 0 Å². The first-order valence-corrected chi connectivity index (χ1v) is 3.52. The van der Waals surface area contributed by atoms with E-state index in [1.54, 1.807) is 0 Å². The highest BCUT2D eigenvalue weighted by atomic mass is 14.0. The summed E-state index contributed by atoms with van der Waals surface area (Å²) in [6, 6.07) is 0. The van der Waals surface area contributed by atoms with Crippen LogP contribution in [0.15, 0.2) is 12.7 Å². The second-order valence-electron chi connectivity index (χ2n) is 2.14. The Morgan fingerprint density at radius 3 is 2.33 bits per heavy atom. The third-order valence-electron chi connectivity index (χ3n) is 1.26. The number of hydrogen-bond donors (Lipinski definition) is 1. The monoisotopic (exact) mass is 129 g/mol. The Hall–Kier alpha value is -0.300. The van der Waals surface area contributed by atoms with Crippen LogP contribution in [-0.2, 0) is 0 Å². The van der Waals surface area contributed by atoms with Gasteiger partial charge < -0.3 is 6.15 Å². The number of hydrogen-bond acceptors (Lipinski definition) is 1. The standard InChI is InChI=1S/C8H16.H3N/c1-3-5-7-8-6-4-2;/h3H,1,4-8H2,2H3;1H3. The van der Waals surface area contributed by atoms with E-state index < -0.39 is 0 Å². The molecule has 0 aromatic carbocycles. The summed E-state index contributed by atoms with van der Waals surface area (Å²) >= 11 is 0. The molecule has 0 heterocycles. The minimum absolute atomic E-state index is 0. The Morgan fingerprint density at radius 1 is 1.22 bits per heavy atom. The van der Waals surface area contributed by atoms with E-state index in [4.69, 9.17) is 0 Å². The lowest BCUT2D eigenvalue weighted by Crippen LogP contribution is -1.71. The van der Waals surface area contributed by atoms with Gasteiger partial charge in [0.05, 0.1) is 0 Å². The average molecular weight is 129 g/mol. The van der Waals surface area contributed by atoms with Crippen LogP contribution in [-0.4, -0.2) is 0 Å². The van der Waals surface area contributed by atoms with Gasteiger partial charge in [-0.1, -0.05) is 32.3 Å². The molecule has 1 heteroatoms. The zero-order chi connectivity index (χ0) is 6.24. The van der Waals surface area contributed by atoms with Gasteiger partial charge in [-0.05, 0) is 12.8 Å². The average Bonchev–Trinajstić information content (AvgIpc) is 1.81. The first kappa shape index (κ1) is 11.5. The van der Waals surface area contributed by atoms with Crippen LogP contribution in [0.1, 0.15) is 39.0 Å². The second-order valence-corrected chi connectivity index (χ2v) is 2.14. The highest BCUT2D eigenvalue weighted by molar-refractivity contribution is 4.64. The molecule has 9 heavy (non-hydrogen) atoms. The molecule has 0 atom stereocenters. The molecule has 0 unspecified atom stereocenters. The van der Waals surface area contributed by atoms with Crippen molar-refractivity contribution in [2.75, 3.05) is 0 Å². The Balaban J connectivity index is 0. The van der Waals surface area contributed by atoms with Crippen LogP contribution < -0.4 is 6.15 Å². The van der Waals surface area contributed by atoms with Gasteiger partial charge in [0, 0.05) is 0 Å². The third-order valence-corrected chi connectivity index (χ3v) is 1.26. The minimum atomic E-state index is 0. The molecule has 0 radical (unpaired) electrons. The number of allylic oxidation sites excluding steroid dienone is 1. The summed E-state index contributed by atoms with van der Waals surface area (Å²) in [7, 11) is 0. The maximum absolute atomic E-state index is 3.66. The van der Waals surface area contributed by atoms with Gasteiger partial charge in [0.2, 0.25) is 0 Å². The van der Waals surface area contributed by atoms with Gasteiger partial charge in [0.1, 0.15) is 0 Å². The summed E-state index contributed by atoms with van der Waals surface area (Å²) in [6.07, 6.45) is 8.61. The van der Waals surface area contributed by atoms with Crippen LogP contribution in [0.25, 0.3) is 0 Å². The van der Waals surface area contributed by atoms with Gasteiger partial charge in [-0.2, -0.15) is 0 Å². The summed E-state index contributed by atoms with van der Waals surface area (Å²) < 4.78 is 0. The van der Waals surface area contributed by atoms with E-state index in [-0.39, 0.29) is 6.15 Å². The van der Waals surface area contributed by atoms with Gasteiger partial charge >= 0.3 is 0 Å². The van der Waals surface area contributed by atoms with E-state index in [0.717, 1.165) is 0 Å². The van der Waals surface area contributed by atoms with Crippen molar-refractivity contribution in [2.24, 2.45) is 0 Å². The summed E-state index contributed by atoms with van der Waals surface area (Å²) in [6.45, 7) is 5.89. The Labute approximate surface area is 58.7 Å². The minimum Gasteiger partial charge on any atom is -0.344 e. The summed E-state index contributed by atoms with van der Waals surface area (Å²) in [5.74, 6) is 0. The molecule has 0 aliphatic heterocycles. The first-order chi connectivity index (χ1) is 3.91. The molecule has 0 fully saturated rings. The van der Waals surface area contributed by atoms with E-state index in [1.165, 1.54) is 32.1 Å². The molecule has 56 valence electrons. The maximum Gasteiger partial charge on any atom is -0.0353 e. The Bertz CT molecular complexity index is 50.5. The van der Waals surface area contributed by atoms with Crippen molar-refractivity contribution in [3.05, 3.63) is 12.7 Å². The molecular formula is C8H19N. The lowest BCUT2D eigenvalue weighted by Gasteiger charge is -1.91. The van der Waals surface area contributed by atoms with Crippen molar-refractivity contribution in [1.29, 1.82) is 0 Å². The molecule has 0 aromatic heterocycles. The molecule has 0 aromatic rings. The molecule has 1 nitrogen and oxygen atoms in total. The fourth-order valence-corrected chi connectivity index (χ4v) is 0.715. The van der Waals surface area contributed by atoms with Crippen molar-refractivity contribution >= 4 is 0 Å². The zero-order valence-electron chi connectivity index (χ0n) is 6.53. The van der Waals surface area contributed by atoms with Crippen LogP contribution in [0.2, 0.25) is 0 Å². The van der Waals surface area contributed by atoms with Crippen LogP contribution in [0.4, 0.5) is 0 Å². The Kier molecular flexibility index (Phi) is 13.6. The van der Waals surface area contributed by atoms with E-state index in [9.17, 15) is 0 Å². The molecule has 3 N–H and O–H groups in total. The third kappa shape index (κ3) is 11.3. The van der Waals surface area contributed by atoms with E-state index in [0.29, 0.717) is 0 Å². The second kappa shape index (κ2) is 10.6. The highest BCUT2D eigenvalue weighted by Gasteiger charge is 1.81. The van der Waals surface area contributed by atoms with Crippen molar-refractivity contribution in [3.63, 3.8) is 0 Å². The van der Waals surface area contributed by atoms with Crippen LogP contribution in [0, 0.1) is 0 Å². The highest BCUT2D eigenvalue weighted by Crippen LogP contribution is 2.01. The van der Waals surface area contributed by atoms with E-state index >= 15 is 0 Å². The van der Waals surface area contributed by atoms with Gasteiger partial charge in [0.15, 0.2) is 0 Å². The van der Waals surface area contributed by atoms with Crippen molar-refractivity contribution < 1.29 is 0 Å². The fourth-order valence-electron chi connectivity index (χ4n) is 0.715. The number of unbranched alkanes of at least 4 members (excludes halogenated alkanes) is 4. The predicted octanol–water partition coefficient (Wildman–Crippen LogP) is 3.30. The zero-order valence-corrected chi connectivity index (χ0v) is 6.53. The Morgan fingerprint density at radius 2 is 1.89 bits per heavy atom. The summed E-state index contributed by atoms with van der Waals surface area (Å²) in [5.41, 5.74) is 0. The van der Waals surface area contributed by atoms with Crippen molar-refractivity contribution in [2.45, 2.75) is 39.0 Å². The van der Waals surface area contributed by atoms with Gasteiger partial charge in [-0.15, -0.1) is 6.58 Å².